The number of rotatable bonds is 41. The third-order valence-electron chi connectivity index (χ3n) is 8.74. The van der Waals surface area contributed by atoms with Gasteiger partial charge in [0.1, 0.15) is 12.7 Å². The fourth-order valence-corrected chi connectivity index (χ4v) is 6.41. The minimum absolute atomic E-state index is 0.0248. The summed E-state index contributed by atoms with van der Waals surface area (Å²) in [4.78, 5) is 52.7. The van der Waals surface area contributed by atoms with E-state index in [-0.39, 0.29) is 25.7 Å². The molecule has 0 rings (SSSR count). The molecule has 0 fully saturated rings. The second kappa shape index (κ2) is 42.4. The van der Waals surface area contributed by atoms with Gasteiger partial charge < -0.3 is 34.4 Å². The van der Waals surface area contributed by atoms with Crippen LogP contribution in [0, 0.1) is 0 Å². The third kappa shape index (κ3) is 45.3. The van der Waals surface area contributed by atoms with Gasteiger partial charge in [-0.1, -0.05) is 149 Å². The Morgan fingerprint density at radius 3 is 1.50 bits per heavy atom. The summed E-state index contributed by atoms with van der Waals surface area (Å²) in [5.74, 6) is -1.34. The fourth-order valence-electron chi connectivity index (χ4n) is 5.26. The highest BCUT2D eigenvalue weighted by atomic mass is 31.2. The molecule has 0 amide bonds. The molecule has 0 bridgehead atoms. The summed E-state index contributed by atoms with van der Waals surface area (Å²) >= 11 is 0. The molecule has 0 spiro atoms. The normalized spacial score (nSPS) is 15.4. The van der Waals surface area contributed by atoms with E-state index in [1.807, 2.05) is 30.4 Å². The summed E-state index contributed by atoms with van der Waals surface area (Å²) in [6.45, 7) is 1.38. The Hall–Kier alpha value is -3.26. The Morgan fingerprint density at radius 1 is 0.516 bits per heavy atom. The molecule has 1 unspecified atom stereocenters. The SMILES string of the molecule is CCCCC/C=C\C/C=C\C/C=C\C=C\[C@H](O)CCCC(=O)O[C@H](COC(=O)CC/C=C\C/C=C\C/C=C\C/C=C\C/C=C\CCCCC)COP(=O)(O)OC[C@@H](O)COP(=O)(O)O. The van der Waals surface area contributed by atoms with Gasteiger partial charge in [-0.3, -0.25) is 23.2 Å². The summed E-state index contributed by atoms with van der Waals surface area (Å²) in [7, 11) is -9.78. The van der Waals surface area contributed by atoms with Crippen molar-refractivity contribution in [3.63, 3.8) is 0 Å². The Labute approximate surface area is 383 Å². The zero-order valence-electron chi connectivity index (χ0n) is 38.2. The van der Waals surface area contributed by atoms with Crippen LogP contribution in [0.2, 0.25) is 0 Å². The monoisotopic (exact) mass is 940 g/mol. The summed E-state index contributed by atoms with van der Waals surface area (Å²) in [6.07, 6.45) is 48.3. The van der Waals surface area contributed by atoms with E-state index in [0.717, 1.165) is 44.9 Å². The van der Waals surface area contributed by atoms with E-state index in [0.29, 0.717) is 12.8 Å². The van der Waals surface area contributed by atoms with Crippen molar-refractivity contribution in [2.75, 3.05) is 26.4 Å². The van der Waals surface area contributed by atoms with Gasteiger partial charge in [0.05, 0.1) is 25.9 Å². The fraction of sp³-hybridized carbons (Fsp3) is 0.583. The number of allylic oxidation sites excluding steroid dienone is 17. The quantitative estimate of drug-likeness (QED) is 0.0127. The molecule has 0 heterocycles. The first-order valence-electron chi connectivity index (χ1n) is 22.7. The molecule has 5 N–H and O–H groups in total. The van der Waals surface area contributed by atoms with Crippen LogP contribution in [-0.4, -0.2) is 81.6 Å². The molecule has 14 nitrogen and oxygen atoms in total. The van der Waals surface area contributed by atoms with Crippen LogP contribution in [0.25, 0.3) is 0 Å². The third-order valence-corrected chi connectivity index (χ3v) is 10.2. The molecule has 4 atom stereocenters. The van der Waals surface area contributed by atoms with Crippen LogP contribution in [0.4, 0.5) is 0 Å². The topological polar surface area (TPSA) is 216 Å². The lowest BCUT2D eigenvalue weighted by molar-refractivity contribution is -0.161. The number of unbranched alkanes of at least 4 members (excludes halogenated alkanes) is 6. The van der Waals surface area contributed by atoms with Gasteiger partial charge in [-0.2, -0.15) is 0 Å². The predicted octanol–water partition coefficient (Wildman–Crippen LogP) is 10.9. The van der Waals surface area contributed by atoms with Crippen LogP contribution in [-0.2, 0) is 41.8 Å². The number of carbonyl (C=O) groups is 2. The van der Waals surface area contributed by atoms with Crippen molar-refractivity contribution < 1.29 is 66.7 Å². The van der Waals surface area contributed by atoms with Gasteiger partial charge in [0, 0.05) is 12.8 Å². The number of aliphatic hydroxyl groups is 2. The lowest BCUT2D eigenvalue weighted by atomic mass is 10.1. The van der Waals surface area contributed by atoms with Crippen LogP contribution in [0.15, 0.2) is 109 Å². The maximum absolute atomic E-state index is 12.7. The smallest absolute Gasteiger partial charge is 0.462 e. The molecule has 0 saturated carbocycles. The Morgan fingerprint density at radius 2 is 0.984 bits per heavy atom. The van der Waals surface area contributed by atoms with Crippen molar-refractivity contribution >= 4 is 27.6 Å². The highest BCUT2D eigenvalue weighted by Crippen LogP contribution is 2.43. The molecule has 0 aromatic rings. The van der Waals surface area contributed by atoms with Crippen molar-refractivity contribution in [3.8, 4) is 0 Å². The highest BCUT2D eigenvalue weighted by molar-refractivity contribution is 7.47. The lowest BCUT2D eigenvalue weighted by Gasteiger charge is -2.20. The number of phosphoric ester groups is 2. The van der Waals surface area contributed by atoms with E-state index in [4.69, 9.17) is 23.8 Å². The predicted molar refractivity (Wildman–Crippen MR) is 254 cm³/mol. The summed E-state index contributed by atoms with van der Waals surface area (Å²) in [6, 6.07) is 0. The number of esters is 2. The van der Waals surface area contributed by atoms with Crippen molar-refractivity contribution in [1.82, 2.24) is 0 Å². The first-order valence-corrected chi connectivity index (χ1v) is 25.7. The van der Waals surface area contributed by atoms with Gasteiger partial charge in [-0.25, -0.2) is 9.13 Å². The molecule has 0 aromatic carbocycles. The van der Waals surface area contributed by atoms with E-state index < -0.39 is 72.3 Å². The number of hydrogen-bond donors (Lipinski definition) is 5. The minimum atomic E-state index is -4.90. The van der Waals surface area contributed by atoms with Crippen molar-refractivity contribution in [2.24, 2.45) is 0 Å². The number of ether oxygens (including phenoxy) is 2. The van der Waals surface area contributed by atoms with Gasteiger partial charge in [-0.05, 0) is 83.5 Å². The van der Waals surface area contributed by atoms with Gasteiger partial charge in [-0.15, -0.1) is 0 Å². The number of aliphatic hydroxyl groups excluding tert-OH is 2. The molecule has 64 heavy (non-hydrogen) atoms. The maximum atomic E-state index is 12.7. The highest BCUT2D eigenvalue weighted by Gasteiger charge is 2.28. The molecule has 0 aliphatic rings. The minimum Gasteiger partial charge on any atom is -0.462 e. The van der Waals surface area contributed by atoms with Crippen molar-refractivity contribution in [2.45, 2.75) is 154 Å². The standard InChI is InChI=1S/C48H78O14P2/c1-3-5-7-9-11-13-15-17-18-19-20-21-22-24-26-28-30-32-34-38-47(51)58-42-46(43-61-64(56,57)60-41-45(50)40-59-63(53,54)55)62-48(52)39-35-37-44(49)36-33-31-29-27-25-23-16-14-12-10-8-6-4-2/h11-14,17-18,20-21,23-26,29-33,36,44-46,49-50H,3-10,15-16,19,22,27-28,34-35,37-43H2,1-2H3,(H,56,57)(H2,53,54,55)/b13-11-,14-12-,18-17-,21-20-,25-23-,26-24-,31-29-,32-30-,36-33+/t44-,45-,46+/m0/s1. The Balaban J connectivity index is 4.82. The van der Waals surface area contributed by atoms with Crippen molar-refractivity contribution in [3.05, 3.63) is 109 Å². The molecular weight excluding hydrogens is 862 g/mol. The summed E-state index contributed by atoms with van der Waals surface area (Å²) in [5, 5.41) is 20.1. The van der Waals surface area contributed by atoms with Gasteiger partial charge in [0.15, 0.2) is 6.10 Å². The van der Waals surface area contributed by atoms with Gasteiger partial charge in [0.2, 0.25) is 0 Å². The zero-order valence-corrected chi connectivity index (χ0v) is 40.0. The van der Waals surface area contributed by atoms with Crippen LogP contribution >= 0.6 is 15.6 Å². The molecule has 0 aromatic heterocycles. The van der Waals surface area contributed by atoms with Crippen LogP contribution in [0.3, 0.4) is 0 Å². The largest absolute Gasteiger partial charge is 0.472 e. The van der Waals surface area contributed by atoms with Crippen LogP contribution < -0.4 is 0 Å². The van der Waals surface area contributed by atoms with E-state index in [2.05, 4.69) is 89.7 Å². The van der Waals surface area contributed by atoms with E-state index in [1.165, 1.54) is 38.5 Å². The number of carbonyl (C=O) groups excluding carboxylic acids is 2. The van der Waals surface area contributed by atoms with E-state index in [9.17, 15) is 33.8 Å². The molecule has 0 aliphatic carbocycles. The molecule has 364 valence electrons. The van der Waals surface area contributed by atoms with Crippen molar-refractivity contribution in [1.29, 1.82) is 0 Å². The summed E-state index contributed by atoms with van der Waals surface area (Å²) in [5.41, 5.74) is 0. The second-order valence-corrected chi connectivity index (χ2v) is 17.5. The summed E-state index contributed by atoms with van der Waals surface area (Å²) < 4.78 is 47.6. The second-order valence-electron chi connectivity index (χ2n) is 14.8. The first kappa shape index (κ1) is 60.7. The van der Waals surface area contributed by atoms with E-state index >= 15 is 0 Å². The lowest BCUT2D eigenvalue weighted by Crippen LogP contribution is -2.30. The molecule has 0 aliphatic heterocycles. The molecular formula is C48H78O14P2. The molecule has 0 saturated heterocycles. The average Bonchev–Trinajstić information content (AvgIpc) is 3.25. The Kier molecular flexibility index (Phi) is 40.2. The maximum Gasteiger partial charge on any atom is 0.472 e. The van der Waals surface area contributed by atoms with Gasteiger partial charge >= 0.3 is 27.6 Å². The number of hydrogen-bond acceptors (Lipinski definition) is 11. The zero-order chi connectivity index (χ0) is 47.4. The van der Waals surface area contributed by atoms with E-state index in [1.54, 1.807) is 12.2 Å². The van der Waals surface area contributed by atoms with Crippen LogP contribution in [0.1, 0.15) is 136 Å². The van der Waals surface area contributed by atoms with Gasteiger partial charge in [0.25, 0.3) is 0 Å². The first-order chi connectivity index (χ1) is 30.8. The van der Waals surface area contributed by atoms with Crippen LogP contribution in [0.5, 0.6) is 0 Å². The molecule has 16 heteroatoms. The molecule has 0 radical (unpaired) electrons. The number of phosphoric acid groups is 2. The Bertz CT molecular complexity index is 1560. The average molecular weight is 941 g/mol.